The first-order chi connectivity index (χ1) is 16.3. The molecule has 1 aliphatic heterocycles. The molecule has 1 fully saturated rings. The van der Waals surface area contributed by atoms with Crippen LogP contribution in [0, 0.1) is 24.4 Å². The second kappa shape index (κ2) is 7.41. The highest BCUT2D eigenvalue weighted by molar-refractivity contribution is 6.03. The van der Waals surface area contributed by atoms with Crippen molar-refractivity contribution in [2.24, 2.45) is 7.05 Å². The van der Waals surface area contributed by atoms with Crippen LogP contribution >= 0.6 is 0 Å². The number of carbonyl (C=O) groups is 1. The Morgan fingerprint density at radius 2 is 1.85 bits per heavy atom. The maximum absolute atomic E-state index is 13.9. The largest absolute Gasteiger partial charge is 0.332 e. The van der Waals surface area contributed by atoms with E-state index in [1.54, 1.807) is 28.9 Å². The Kier molecular flexibility index (Phi) is 4.55. The minimum absolute atomic E-state index is 0.121. The first kappa shape index (κ1) is 20.9. The summed E-state index contributed by atoms with van der Waals surface area (Å²) in [4.78, 5) is 19.8. The second-order valence-electron chi connectivity index (χ2n) is 8.97. The number of nitrogens with zero attached hydrogens (tertiary/aromatic N) is 6. The van der Waals surface area contributed by atoms with Gasteiger partial charge in [0, 0.05) is 43.0 Å². The molecule has 1 amide bonds. The van der Waals surface area contributed by atoms with Crippen molar-refractivity contribution in [3.8, 4) is 11.3 Å². The highest BCUT2D eigenvalue weighted by Crippen LogP contribution is 2.43. The molecular formula is C24H21F3N6O. The summed E-state index contributed by atoms with van der Waals surface area (Å²) < 4.78 is 44.5. The van der Waals surface area contributed by atoms with Gasteiger partial charge in [0.15, 0.2) is 17.5 Å². The molecule has 0 unspecified atom stereocenters. The fraction of sp³-hybridized carbons (Fsp3) is 0.333. The number of amides is 1. The van der Waals surface area contributed by atoms with Gasteiger partial charge in [0.2, 0.25) is 0 Å². The van der Waals surface area contributed by atoms with E-state index in [0.29, 0.717) is 29.9 Å². The van der Waals surface area contributed by atoms with Crippen LogP contribution < -0.4 is 0 Å². The zero-order valence-electron chi connectivity index (χ0n) is 18.6. The van der Waals surface area contributed by atoms with Crippen LogP contribution in [-0.4, -0.2) is 41.7 Å². The Hall–Kier alpha value is -3.69. The average molecular weight is 466 g/mol. The summed E-state index contributed by atoms with van der Waals surface area (Å²) in [5, 5.41) is 9.21. The third kappa shape index (κ3) is 3.12. The van der Waals surface area contributed by atoms with Gasteiger partial charge in [-0.25, -0.2) is 17.7 Å². The van der Waals surface area contributed by atoms with Gasteiger partial charge in [0.1, 0.15) is 5.52 Å². The van der Waals surface area contributed by atoms with E-state index in [4.69, 9.17) is 0 Å². The van der Waals surface area contributed by atoms with Crippen LogP contribution in [0.4, 0.5) is 13.2 Å². The van der Waals surface area contributed by atoms with Crippen LogP contribution in [0.3, 0.4) is 0 Å². The number of aromatic nitrogens is 5. The van der Waals surface area contributed by atoms with E-state index in [1.165, 1.54) is 4.68 Å². The predicted octanol–water partition coefficient (Wildman–Crippen LogP) is 3.93. The normalized spacial score (nSPS) is 15.7. The van der Waals surface area contributed by atoms with E-state index in [9.17, 15) is 18.0 Å². The van der Waals surface area contributed by atoms with Crippen LogP contribution in [-0.2, 0) is 20.0 Å². The van der Waals surface area contributed by atoms with Gasteiger partial charge in [-0.15, -0.1) is 0 Å². The van der Waals surface area contributed by atoms with E-state index >= 15 is 0 Å². The molecule has 7 nitrogen and oxygen atoms in total. The van der Waals surface area contributed by atoms with Crippen molar-refractivity contribution in [3.63, 3.8) is 0 Å². The van der Waals surface area contributed by atoms with E-state index in [-0.39, 0.29) is 23.9 Å². The molecule has 1 aliphatic carbocycles. The Balaban J connectivity index is 1.38. The first-order valence-electron chi connectivity index (χ1n) is 11.2. The lowest BCUT2D eigenvalue weighted by Gasteiger charge is -2.27. The van der Waals surface area contributed by atoms with Crippen LogP contribution in [0.15, 0.2) is 24.5 Å². The summed E-state index contributed by atoms with van der Waals surface area (Å²) in [5.74, 6) is -3.83. The zero-order valence-corrected chi connectivity index (χ0v) is 18.6. The number of hydrogen-bond donors (Lipinski definition) is 0. The lowest BCUT2D eigenvalue weighted by molar-refractivity contribution is 0.0733. The maximum Gasteiger partial charge on any atom is 0.258 e. The summed E-state index contributed by atoms with van der Waals surface area (Å²) in [6.07, 6.45) is 5.90. The molecule has 1 aromatic carbocycles. The molecule has 0 radical (unpaired) electrons. The minimum atomic E-state index is -1.50. The van der Waals surface area contributed by atoms with Crippen LogP contribution in [0.2, 0.25) is 0 Å². The Morgan fingerprint density at radius 1 is 1.12 bits per heavy atom. The van der Waals surface area contributed by atoms with Gasteiger partial charge in [-0.3, -0.25) is 14.5 Å². The molecule has 0 spiro atoms. The summed E-state index contributed by atoms with van der Waals surface area (Å²) in [6.45, 7) is 2.54. The number of fused-ring (bicyclic) bond motifs is 2. The standard InChI is InChI=1S/C24H21F3N6O/c1-12-22-19(21(13-3-4-13)30-33(22)8-6-28-12)24(34)32-7-5-15-18(11-32)29-31(2)23(15)14-9-16(25)20(27)17(26)10-14/h6,8-10,13H,3-5,7,11H2,1-2H3. The maximum atomic E-state index is 13.9. The van der Waals surface area contributed by atoms with Crippen LogP contribution in [0.1, 0.15) is 51.8 Å². The van der Waals surface area contributed by atoms with Gasteiger partial charge in [0.05, 0.1) is 34.9 Å². The van der Waals surface area contributed by atoms with Gasteiger partial charge < -0.3 is 4.90 Å². The van der Waals surface area contributed by atoms with E-state index in [0.717, 1.165) is 47.4 Å². The lowest BCUT2D eigenvalue weighted by Crippen LogP contribution is -2.36. The molecule has 10 heteroatoms. The molecule has 1 saturated carbocycles. The fourth-order valence-corrected chi connectivity index (χ4v) is 4.93. The van der Waals surface area contributed by atoms with Gasteiger partial charge in [0.25, 0.3) is 5.91 Å². The molecule has 4 aromatic rings. The fourth-order valence-electron chi connectivity index (χ4n) is 4.93. The third-order valence-electron chi connectivity index (χ3n) is 6.68. The molecule has 174 valence electrons. The van der Waals surface area contributed by atoms with Crippen molar-refractivity contribution in [2.75, 3.05) is 6.54 Å². The van der Waals surface area contributed by atoms with Gasteiger partial charge in [-0.2, -0.15) is 10.2 Å². The topological polar surface area (TPSA) is 68.3 Å². The lowest BCUT2D eigenvalue weighted by atomic mass is 9.98. The van der Waals surface area contributed by atoms with Crippen molar-refractivity contribution in [1.82, 2.24) is 29.3 Å². The number of benzene rings is 1. The second-order valence-corrected chi connectivity index (χ2v) is 8.97. The predicted molar refractivity (Wildman–Crippen MR) is 117 cm³/mol. The van der Waals surface area contributed by atoms with Crippen molar-refractivity contribution in [3.05, 3.63) is 70.2 Å². The Bertz CT molecular complexity index is 1460. The minimum Gasteiger partial charge on any atom is -0.332 e. The average Bonchev–Trinajstić information content (AvgIpc) is 3.49. The molecular weight excluding hydrogens is 445 g/mol. The molecule has 0 N–H and O–H groups in total. The number of carbonyl (C=O) groups excluding carboxylic acids is 1. The monoisotopic (exact) mass is 466 g/mol. The van der Waals surface area contributed by atoms with Crippen molar-refractivity contribution >= 4 is 11.4 Å². The number of halogens is 3. The zero-order chi connectivity index (χ0) is 23.7. The highest BCUT2D eigenvalue weighted by atomic mass is 19.2. The van der Waals surface area contributed by atoms with E-state index in [2.05, 4.69) is 15.2 Å². The smallest absolute Gasteiger partial charge is 0.258 e. The molecule has 6 rings (SSSR count). The summed E-state index contributed by atoms with van der Waals surface area (Å²) in [5.41, 5.74) is 5.06. The molecule has 3 aromatic heterocycles. The van der Waals surface area contributed by atoms with Gasteiger partial charge in [-0.05, 0) is 38.3 Å². The van der Waals surface area contributed by atoms with Crippen LogP contribution in [0.25, 0.3) is 16.8 Å². The SMILES string of the molecule is Cc1nccn2nc(C3CC3)c(C(=O)N3CCc4c(nn(C)c4-c4cc(F)c(F)c(F)c4)C3)c12. The van der Waals surface area contributed by atoms with Crippen molar-refractivity contribution in [2.45, 2.75) is 38.6 Å². The van der Waals surface area contributed by atoms with Crippen molar-refractivity contribution in [1.29, 1.82) is 0 Å². The third-order valence-corrected chi connectivity index (χ3v) is 6.68. The summed E-state index contributed by atoms with van der Waals surface area (Å²) in [6, 6.07) is 1.95. The highest BCUT2D eigenvalue weighted by Gasteiger charge is 2.36. The summed E-state index contributed by atoms with van der Waals surface area (Å²) in [7, 11) is 1.67. The Labute approximate surface area is 192 Å². The molecule has 0 saturated heterocycles. The Morgan fingerprint density at radius 3 is 2.56 bits per heavy atom. The number of aryl methyl sites for hydroxylation is 2. The molecule has 34 heavy (non-hydrogen) atoms. The summed E-state index contributed by atoms with van der Waals surface area (Å²) >= 11 is 0. The molecule has 0 bridgehead atoms. The van der Waals surface area contributed by atoms with E-state index < -0.39 is 17.5 Å². The van der Waals surface area contributed by atoms with E-state index in [1.807, 2.05) is 6.92 Å². The van der Waals surface area contributed by atoms with Gasteiger partial charge in [-0.1, -0.05) is 0 Å². The molecule has 4 heterocycles. The first-order valence-corrected chi connectivity index (χ1v) is 11.2. The number of hydrogen-bond acceptors (Lipinski definition) is 4. The molecule has 0 atom stereocenters. The molecule has 2 aliphatic rings. The van der Waals surface area contributed by atoms with Crippen molar-refractivity contribution < 1.29 is 18.0 Å². The quantitative estimate of drug-likeness (QED) is 0.429. The van der Waals surface area contributed by atoms with Crippen LogP contribution in [0.5, 0.6) is 0 Å². The number of rotatable bonds is 3. The van der Waals surface area contributed by atoms with Gasteiger partial charge >= 0.3 is 0 Å².